The summed E-state index contributed by atoms with van der Waals surface area (Å²) in [4.78, 5) is 4.14. The van der Waals surface area contributed by atoms with Gasteiger partial charge in [-0.15, -0.1) is 0 Å². The maximum atomic E-state index is 13.5. The third-order valence-electron chi connectivity index (χ3n) is 3.18. The van der Waals surface area contributed by atoms with Gasteiger partial charge in [-0.3, -0.25) is 4.99 Å². The number of aliphatic imine (C=N–C) groups is 1. The molecule has 2 N–H and O–H groups in total. The molecule has 0 heterocycles. The van der Waals surface area contributed by atoms with Crippen LogP contribution in [-0.4, -0.2) is 19.6 Å². The monoisotopic (exact) mass is 285 g/mol. The van der Waals surface area contributed by atoms with Crippen LogP contribution < -0.4 is 10.6 Å². The molecule has 0 radical (unpaired) electrons. The van der Waals surface area contributed by atoms with E-state index >= 15 is 0 Å². The summed E-state index contributed by atoms with van der Waals surface area (Å²) in [6.07, 6.45) is 0.918. The third kappa shape index (κ3) is 4.91. The highest BCUT2D eigenvalue weighted by Gasteiger charge is 2.02. The van der Waals surface area contributed by atoms with Crippen molar-refractivity contribution in [1.29, 1.82) is 0 Å². The van der Waals surface area contributed by atoms with Gasteiger partial charge in [0.25, 0.3) is 0 Å². The highest BCUT2D eigenvalue weighted by atomic mass is 19.1. The molecule has 0 aromatic heterocycles. The summed E-state index contributed by atoms with van der Waals surface area (Å²) >= 11 is 0. The Morgan fingerprint density at radius 2 is 1.71 bits per heavy atom. The highest BCUT2D eigenvalue weighted by Crippen LogP contribution is 2.05. The average molecular weight is 285 g/mol. The molecule has 0 aliphatic rings. The van der Waals surface area contributed by atoms with Gasteiger partial charge in [0.05, 0.1) is 0 Å². The zero-order chi connectivity index (χ0) is 14.9. The topological polar surface area (TPSA) is 36.4 Å². The van der Waals surface area contributed by atoms with Gasteiger partial charge in [0.15, 0.2) is 5.96 Å². The van der Waals surface area contributed by atoms with Crippen LogP contribution in [0.25, 0.3) is 0 Å². The van der Waals surface area contributed by atoms with Crippen molar-refractivity contribution in [2.75, 3.05) is 13.6 Å². The van der Waals surface area contributed by atoms with E-state index in [-0.39, 0.29) is 5.82 Å². The van der Waals surface area contributed by atoms with Crippen LogP contribution in [0.1, 0.15) is 11.1 Å². The van der Waals surface area contributed by atoms with Crippen LogP contribution in [0.2, 0.25) is 0 Å². The second-order valence-electron chi connectivity index (χ2n) is 4.68. The number of halogens is 1. The maximum Gasteiger partial charge on any atom is 0.191 e. The van der Waals surface area contributed by atoms with E-state index in [0.717, 1.165) is 13.0 Å². The summed E-state index contributed by atoms with van der Waals surface area (Å²) in [7, 11) is 1.71. The fraction of sp³-hybridized carbons (Fsp3) is 0.235. The minimum Gasteiger partial charge on any atom is -0.356 e. The molecule has 0 fully saturated rings. The van der Waals surface area contributed by atoms with Gasteiger partial charge in [-0.2, -0.15) is 0 Å². The van der Waals surface area contributed by atoms with Crippen molar-refractivity contribution in [3.63, 3.8) is 0 Å². The van der Waals surface area contributed by atoms with Crippen molar-refractivity contribution in [3.05, 3.63) is 71.5 Å². The Hall–Kier alpha value is -2.36. The van der Waals surface area contributed by atoms with Gasteiger partial charge < -0.3 is 10.6 Å². The summed E-state index contributed by atoms with van der Waals surface area (Å²) in [6.45, 7) is 1.19. The number of guanidine groups is 1. The zero-order valence-corrected chi connectivity index (χ0v) is 12.1. The Morgan fingerprint density at radius 1 is 1.00 bits per heavy atom. The van der Waals surface area contributed by atoms with Crippen molar-refractivity contribution in [2.24, 2.45) is 4.99 Å². The van der Waals surface area contributed by atoms with E-state index in [0.29, 0.717) is 18.1 Å². The first kappa shape index (κ1) is 15.0. The van der Waals surface area contributed by atoms with Gasteiger partial charge in [-0.05, 0) is 18.1 Å². The normalized spacial score (nSPS) is 11.2. The van der Waals surface area contributed by atoms with Crippen molar-refractivity contribution >= 4 is 5.96 Å². The maximum absolute atomic E-state index is 13.5. The van der Waals surface area contributed by atoms with Gasteiger partial charge in [0, 0.05) is 25.7 Å². The lowest BCUT2D eigenvalue weighted by molar-refractivity contribution is 0.604. The molecule has 0 unspecified atom stereocenters. The molecule has 3 nitrogen and oxygen atoms in total. The summed E-state index contributed by atoms with van der Waals surface area (Å²) < 4.78 is 13.5. The molecule has 0 bridgehead atoms. The van der Waals surface area contributed by atoms with Crippen LogP contribution in [0.5, 0.6) is 0 Å². The van der Waals surface area contributed by atoms with E-state index in [1.165, 1.54) is 11.6 Å². The van der Waals surface area contributed by atoms with Crippen LogP contribution in [0.3, 0.4) is 0 Å². The Bertz CT molecular complexity index is 582. The molecule has 2 rings (SSSR count). The molecule has 0 atom stereocenters. The molecular formula is C17H20FN3. The molecule has 0 aliphatic carbocycles. The van der Waals surface area contributed by atoms with Gasteiger partial charge >= 0.3 is 0 Å². The van der Waals surface area contributed by atoms with Gasteiger partial charge in [0.1, 0.15) is 5.82 Å². The molecule has 0 aliphatic heterocycles. The Balaban J connectivity index is 1.78. The number of hydrogen-bond donors (Lipinski definition) is 2. The van der Waals surface area contributed by atoms with E-state index in [4.69, 9.17) is 0 Å². The fourth-order valence-corrected chi connectivity index (χ4v) is 2.01. The fourth-order valence-electron chi connectivity index (χ4n) is 2.01. The minimum atomic E-state index is -0.204. The molecule has 0 spiro atoms. The highest BCUT2D eigenvalue weighted by molar-refractivity contribution is 5.79. The minimum absolute atomic E-state index is 0.204. The quantitative estimate of drug-likeness (QED) is 0.654. The lowest BCUT2D eigenvalue weighted by Crippen LogP contribution is -2.38. The zero-order valence-electron chi connectivity index (χ0n) is 12.1. The summed E-state index contributed by atoms with van der Waals surface area (Å²) in [5.74, 6) is 0.471. The molecule has 4 heteroatoms. The van der Waals surface area contributed by atoms with Crippen LogP contribution in [0.15, 0.2) is 59.6 Å². The van der Waals surface area contributed by atoms with Crippen molar-refractivity contribution in [1.82, 2.24) is 10.6 Å². The molecule has 2 aromatic carbocycles. The van der Waals surface area contributed by atoms with E-state index in [9.17, 15) is 4.39 Å². The van der Waals surface area contributed by atoms with Crippen molar-refractivity contribution in [2.45, 2.75) is 13.0 Å². The summed E-state index contributed by atoms with van der Waals surface area (Å²) in [6, 6.07) is 17.0. The van der Waals surface area contributed by atoms with Gasteiger partial charge in [-0.25, -0.2) is 4.39 Å². The number of nitrogens with zero attached hydrogens (tertiary/aromatic N) is 1. The van der Waals surface area contributed by atoms with E-state index in [1.54, 1.807) is 19.2 Å². The summed E-state index contributed by atoms with van der Waals surface area (Å²) in [5, 5.41) is 6.34. The largest absolute Gasteiger partial charge is 0.356 e. The number of benzene rings is 2. The second kappa shape index (κ2) is 8.04. The lowest BCUT2D eigenvalue weighted by Gasteiger charge is -2.12. The van der Waals surface area contributed by atoms with E-state index < -0.39 is 0 Å². The molecule has 0 amide bonds. The number of hydrogen-bond acceptors (Lipinski definition) is 1. The Morgan fingerprint density at radius 3 is 2.43 bits per heavy atom. The van der Waals surface area contributed by atoms with Crippen LogP contribution in [0, 0.1) is 5.82 Å². The number of rotatable bonds is 5. The lowest BCUT2D eigenvalue weighted by atomic mass is 10.1. The first-order valence-corrected chi connectivity index (χ1v) is 7.01. The van der Waals surface area contributed by atoms with E-state index in [1.807, 2.05) is 24.3 Å². The second-order valence-corrected chi connectivity index (χ2v) is 4.68. The molecule has 0 saturated carbocycles. The Kier molecular flexibility index (Phi) is 5.76. The molecule has 0 saturated heterocycles. The SMILES string of the molecule is CN=C(NCCc1ccccc1)NCc1ccccc1F. The molecule has 2 aromatic rings. The van der Waals surface area contributed by atoms with E-state index in [2.05, 4.69) is 27.8 Å². The van der Waals surface area contributed by atoms with Crippen LogP contribution >= 0.6 is 0 Å². The number of nitrogens with one attached hydrogen (secondary N) is 2. The molecule has 21 heavy (non-hydrogen) atoms. The third-order valence-corrected chi connectivity index (χ3v) is 3.18. The van der Waals surface area contributed by atoms with Crippen molar-refractivity contribution < 1.29 is 4.39 Å². The van der Waals surface area contributed by atoms with Gasteiger partial charge in [0.2, 0.25) is 0 Å². The van der Waals surface area contributed by atoms with Crippen LogP contribution in [-0.2, 0) is 13.0 Å². The average Bonchev–Trinajstić information content (AvgIpc) is 2.53. The Labute approximate surface area is 124 Å². The summed E-state index contributed by atoms with van der Waals surface area (Å²) in [5.41, 5.74) is 1.90. The molecule has 110 valence electrons. The predicted octanol–water partition coefficient (Wildman–Crippen LogP) is 2.73. The standard InChI is InChI=1S/C17H20FN3/c1-19-17(20-12-11-14-7-3-2-4-8-14)21-13-15-9-5-6-10-16(15)18/h2-10H,11-13H2,1H3,(H2,19,20,21). The molecular weight excluding hydrogens is 265 g/mol. The first-order valence-electron chi connectivity index (χ1n) is 7.01. The van der Waals surface area contributed by atoms with Gasteiger partial charge in [-0.1, -0.05) is 48.5 Å². The first-order chi connectivity index (χ1) is 10.3. The predicted molar refractivity (Wildman–Crippen MR) is 84.7 cm³/mol. The van der Waals surface area contributed by atoms with Crippen molar-refractivity contribution in [3.8, 4) is 0 Å². The van der Waals surface area contributed by atoms with Crippen LogP contribution in [0.4, 0.5) is 4.39 Å². The smallest absolute Gasteiger partial charge is 0.191 e.